The van der Waals surface area contributed by atoms with Crippen molar-refractivity contribution >= 4 is 34.9 Å². The zero-order chi connectivity index (χ0) is 28.2. The number of halogens is 3. The highest BCUT2D eigenvalue weighted by Crippen LogP contribution is 2.41. The van der Waals surface area contributed by atoms with E-state index in [1.54, 1.807) is 24.3 Å². The second kappa shape index (κ2) is 11.8. The summed E-state index contributed by atoms with van der Waals surface area (Å²) < 4.78 is 56.2. The number of hydrogen-bond acceptors (Lipinski definition) is 8. The van der Waals surface area contributed by atoms with E-state index in [2.05, 4.69) is 4.99 Å². The van der Waals surface area contributed by atoms with Gasteiger partial charge in [-0.25, -0.2) is 0 Å². The highest BCUT2D eigenvalue weighted by Gasteiger charge is 2.35. The van der Waals surface area contributed by atoms with Gasteiger partial charge in [-0.1, -0.05) is 6.07 Å². The molecule has 2 aromatic rings. The van der Waals surface area contributed by atoms with Crippen molar-refractivity contribution in [1.29, 1.82) is 5.26 Å². The molecule has 0 spiro atoms. The number of carbonyl (C=O) groups is 2. The summed E-state index contributed by atoms with van der Waals surface area (Å²) in [6.07, 6.45) is -1.15. The number of rotatable bonds is 6. The van der Waals surface area contributed by atoms with Crippen LogP contribution in [0.25, 0.3) is 6.08 Å². The average Bonchev–Trinajstić information content (AvgIpc) is 3.29. The normalized spacial score (nSPS) is 17.1. The molecule has 2 aliphatic heterocycles. The van der Waals surface area contributed by atoms with Gasteiger partial charge in [0.15, 0.2) is 16.7 Å². The SMILES string of the molecule is COC(=O)CC1CCN(C2=NC(=O)/C(=C\c3ccc(Oc4ccc(C#N)cc4C(F)(F)F)c(OC)c3)S2)CC1. The molecule has 1 amide bonds. The number of piperidine rings is 1. The van der Waals surface area contributed by atoms with Crippen LogP contribution in [0, 0.1) is 17.2 Å². The summed E-state index contributed by atoms with van der Waals surface area (Å²) in [5.41, 5.74) is -0.657. The number of esters is 1. The van der Waals surface area contributed by atoms with Crippen molar-refractivity contribution in [1.82, 2.24) is 4.90 Å². The van der Waals surface area contributed by atoms with Gasteiger partial charge >= 0.3 is 12.1 Å². The van der Waals surface area contributed by atoms with Crippen LogP contribution in [0.3, 0.4) is 0 Å². The number of amides is 1. The summed E-state index contributed by atoms with van der Waals surface area (Å²) in [5.74, 6) is -0.667. The summed E-state index contributed by atoms with van der Waals surface area (Å²) in [4.78, 5) is 30.7. The van der Waals surface area contributed by atoms with Crippen molar-refractivity contribution in [2.45, 2.75) is 25.4 Å². The van der Waals surface area contributed by atoms with Crippen LogP contribution in [-0.2, 0) is 20.5 Å². The van der Waals surface area contributed by atoms with E-state index in [4.69, 9.17) is 19.5 Å². The lowest BCUT2D eigenvalue weighted by Crippen LogP contribution is -2.37. The van der Waals surface area contributed by atoms with Crippen LogP contribution in [0.1, 0.15) is 36.0 Å². The molecule has 0 saturated carbocycles. The van der Waals surface area contributed by atoms with Gasteiger partial charge in [0.05, 0.1) is 36.3 Å². The van der Waals surface area contributed by atoms with Crippen LogP contribution in [0.2, 0.25) is 0 Å². The molecule has 4 rings (SSSR count). The van der Waals surface area contributed by atoms with Gasteiger partial charge in [-0.3, -0.25) is 9.59 Å². The van der Waals surface area contributed by atoms with Gasteiger partial charge < -0.3 is 19.1 Å². The summed E-state index contributed by atoms with van der Waals surface area (Å²) in [5, 5.41) is 9.55. The molecular formula is C27H24F3N3O5S. The zero-order valence-corrected chi connectivity index (χ0v) is 21.9. The number of alkyl halides is 3. The molecular weight excluding hydrogens is 535 g/mol. The van der Waals surface area contributed by atoms with E-state index in [0.717, 1.165) is 25.0 Å². The van der Waals surface area contributed by atoms with E-state index in [1.807, 2.05) is 4.90 Å². The van der Waals surface area contributed by atoms with Crippen LogP contribution in [-0.4, -0.2) is 49.3 Å². The first-order valence-electron chi connectivity index (χ1n) is 11.9. The Morgan fingerprint density at radius 3 is 2.51 bits per heavy atom. The fourth-order valence-electron chi connectivity index (χ4n) is 4.22. The Morgan fingerprint density at radius 1 is 1.15 bits per heavy atom. The molecule has 1 saturated heterocycles. The van der Waals surface area contributed by atoms with Gasteiger partial charge in [0.1, 0.15) is 5.75 Å². The summed E-state index contributed by atoms with van der Waals surface area (Å²) in [6.45, 7) is 1.34. The lowest BCUT2D eigenvalue weighted by atomic mass is 9.94. The Morgan fingerprint density at radius 2 is 1.87 bits per heavy atom. The largest absolute Gasteiger partial charge is 0.493 e. The Hall–Kier alpha value is -3.98. The number of likely N-dealkylation sites (tertiary alicyclic amines) is 1. The first kappa shape index (κ1) is 28.0. The highest BCUT2D eigenvalue weighted by molar-refractivity contribution is 8.18. The Labute approximate surface area is 227 Å². The van der Waals surface area contributed by atoms with Crippen molar-refractivity contribution < 1.29 is 37.0 Å². The number of methoxy groups -OCH3 is 2. The average molecular weight is 560 g/mol. The van der Waals surface area contributed by atoms with Crippen molar-refractivity contribution in [2.75, 3.05) is 27.3 Å². The van der Waals surface area contributed by atoms with Crippen LogP contribution >= 0.6 is 11.8 Å². The fraction of sp³-hybridized carbons (Fsp3) is 0.333. The smallest absolute Gasteiger partial charge is 0.420 e. The molecule has 0 aromatic heterocycles. The molecule has 39 heavy (non-hydrogen) atoms. The molecule has 0 atom stereocenters. The number of nitrogens with zero attached hydrogens (tertiary/aromatic N) is 3. The maximum absolute atomic E-state index is 13.5. The van der Waals surface area contributed by atoms with Gasteiger partial charge in [-0.15, -0.1) is 0 Å². The first-order valence-corrected chi connectivity index (χ1v) is 12.7. The molecule has 2 heterocycles. The highest BCUT2D eigenvalue weighted by atomic mass is 32.2. The van der Waals surface area contributed by atoms with Gasteiger partial charge in [0, 0.05) is 19.5 Å². The molecule has 12 heteroatoms. The Bertz CT molecular complexity index is 1380. The van der Waals surface area contributed by atoms with Crippen molar-refractivity contribution in [3.63, 3.8) is 0 Å². The summed E-state index contributed by atoms with van der Waals surface area (Å²) in [6, 6.07) is 9.31. The quantitative estimate of drug-likeness (QED) is 0.332. The molecule has 0 N–H and O–H groups in total. The van der Waals surface area contributed by atoms with Gasteiger partial charge in [-0.2, -0.15) is 23.4 Å². The summed E-state index contributed by atoms with van der Waals surface area (Å²) >= 11 is 1.24. The topological polar surface area (TPSA) is 101 Å². The first-order chi connectivity index (χ1) is 18.6. The van der Waals surface area contributed by atoms with Crippen LogP contribution in [0.4, 0.5) is 13.2 Å². The van der Waals surface area contributed by atoms with Crippen LogP contribution in [0.5, 0.6) is 17.2 Å². The molecule has 0 aliphatic carbocycles. The number of hydrogen-bond donors (Lipinski definition) is 0. The predicted molar refractivity (Wildman–Crippen MR) is 138 cm³/mol. The lowest BCUT2D eigenvalue weighted by Gasteiger charge is -2.32. The molecule has 2 aliphatic rings. The van der Waals surface area contributed by atoms with E-state index in [0.29, 0.717) is 35.1 Å². The summed E-state index contributed by atoms with van der Waals surface area (Å²) in [7, 11) is 2.72. The van der Waals surface area contributed by atoms with Gasteiger partial charge in [-0.05, 0) is 72.5 Å². The maximum atomic E-state index is 13.5. The maximum Gasteiger partial charge on any atom is 0.420 e. The van der Waals surface area contributed by atoms with E-state index in [1.165, 1.54) is 38.1 Å². The molecule has 0 bridgehead atoms. The molecule has 8 nitrogen and oxygen atoms in total. The van der Waals surface area contributed by atoms with Crippen LogP contribution in [0.15, 0.2) is 46.3 Å². The standard InChI is InChI=1S/C27H24F3N3O5S/c1-36-22-12-17(3-6-21(22)38-20-5-4-18(15-31)11-19(20)27(28,29)30)13-23-25(35)32-26(39-23)33-9-7-16(8-10-33)14-24(34)37-2/h3-6,11-13,16H,7-10,14H2,1-2H3/b23-13+. The number of benzene rings is 2. The fourth-order valence-corrected chi connectivity index (χ4v) is 5.18. The molecule has 1 fully saturated rings. The molecule has 2 aromatic carbocycles. The third kappa shape index (κ3) is 6.72. The zero-order valence-electron chi connectivity index (χ0n) is 21.1. The van der Waals surface area contributed by atoms with Gasteiger partial charge in [0.2, 0.25) is 0 Å². The number of nitriles is 1. The van der Waals surface area contributed by atoms with E-state index in [9.17, 15) is 22.8 Å². The molecule has 204 valence electrons. The van der Waals surface area contributed by atoms with E-state index >= 15 is 0 Å². The van der Waals surface area contributed by atoms with Gasteiger partial charge in [0.25, 0.3) is 5.91 Å². The number of ether oxygens (including phenoxy) is 3. The van der Waals surface area contributed by atoms with Crippen LogP contribution < -0.4 is 9.47 Å². The van der Waals surface area contributed by atoms with Crippen molar-refractivity contribution in [2.24, 2.45) is 10.9 Å². The van der Waals surface area contributed by atoms with Crippen molar-refractivity contribution in [3.05, 3.63) is 58.0 Å². The Kier molecular flexibility index (Phi) is 8.50. The second-order valence-corrected chi connectivity index (χ2v) is 9.86. The predicted octanol–water partition coefficient (Wildman–Crippen LogP) is 5.62. The number of amidine groups is 1. The lowest BCUT2D eigenvalue weighted by molar-refractivity contribution is -0.142. The van der Waals surface area contributed by atoms with Crippen molar-refractivity contribution in [3.8, 4) is 23.3 Å². The number of thioether (sulfide) groups is 1. The number of aliphatic imine (C=N–C) groups is 1. The molecule has 0 unspecified atom stereocenters. The number of carbonyl (C=O) groups excluding carboxylic acids is 2. The minimum atomic E-state index is -4.73. The van der Waals surface area contributed by atoms with E-state index < -0.39 is 23.4 Å². The van der Waals surface area contributed by atoms with E-state index in [-0.39, 0.29) is 28.9 Å². The Balaban J connectivity index is 1.47. The minimum Gasteiger partial charge on any atom is -0.493 e. The second-order valence-electron chi connectivity index (χ2n) is 8.85. The molecule has 0 radical (unpaired) electrons. The third-order valence-electron chi connectivity index (χ3n) is 6.30. The minimum absolute atomic E-state index is 0.0343. The third-order valence-corrected chi connectivity index (χ3v) is 7.34. The monoisotopic (exact) mass is 559 g/mol.